The Hall–Kier alpha value is -2.36. The third kappa shape index (κ3) is 1.10. The van der Waals surface area contributed by atoms with Crippen LogP contribution >= 0.6 is 0 Å². The Morgan fingerprint density at radius 3 is 3.00 bits per heavy atom. The van der Waals surface area contributed by atoms with Crippen molar-refractivity contribution in [2.45, 2.75) is 0 Å². The molecule has 0 radical (unpaired) electrons. The van der Waals surface area contributed by atoms with Crippen LogP contribution in [0.1, 0.15) is 10.4 Å². The van der Waals surface area contributed by atoms with Gasteiger partial charge in [-0.3, -0.25) is 4.98 Å². The first-order valence-corrected chi connectivity index (χ1v) is 4.85. The van der Waals surface area contributed by atoms with Crippen molar-refractivity contribution in [2.75, 3.05) is 0 Å². The van der Waals surface area contributed by atoms with Gasteiger partial charge >= 0.3 is 5.97 Å². The second-order valence-electron chi connectivity index (χ2n) is 3.57. The number of H-pyrrole nitrogens is 1. The van der Waals surface area contributed by atoms with Crippen LogP contribution < -0.4 is 0 Å². The van der Waals surface area contributed by atoms with Gasteiger partial charge in [-0.2, -0.15) is 0 Å². The Balaban J connectivity index is 2.56. The SMILES string of the molecule is O=C(O)c1cnc2ccc3[nH]cccc3c12. The molecule has 1 aromatic carbocycles. The number of rotatable bonds is 1. The molecule has 0 saturated carbocycles. The van der Waals surface area contributed by atoms with E-state index in [0.717, 1.165) is 10.9 Å². The summed E-state index contributed by atoms with van der Waals surface area (Å²) in [6.07, 6.45) is 3.21. The van der Waals surface area contributed by atoms with Gasteiger partial charge in [0, 0.05) is 28.7 Å². The van der Waals surface area contributed by atoms with Crippen LogP contribution in [0.15, 0.2) is 36.7 Å². The number of nitrogens with zero attached hydrogens (tertiary/aromatic N) is 1. The molecule has 2 aromatic heterocycles. The van der Waals surface area contributed by atoms with Crippen molar-refractivity contribution < 1.29 is 9.90 Å². The van der Waals surface area contributed by atoms with E-state index >= 15 is 0 Å². The van der Waals surface area contributed by atoms with Gasteiger partial charge in [0.1, 0.15) is 0 Å². The number of aromatic amines is 1. The van der Waals surface area contributed by atoms with Crippen molar-refractivity contribution in [1.82, 2.24) is 9.97 Å². The standard InChI is InChI=1S/C12H8N2O2/c15-12(16)8-6-14-10-4-3-9-7(11(8)10)2-1-5-13-9/h1-6,13H,(H,15,16). The second kappa shape index (κ2) is 3.06. The van der Waals surface area contributed by atoms with Crippen molar-refractivity contribution >= 4 is 27.8 Å². The van der Waals surface area contributed by atoms with Gasteiger partial charge in [-0.15, -0.1) is 0 Å². The largest absolute Gasteiger partial charge is 0.478 e. The number of benzene rings is 1. The van der Waals surface area contributed by atoms with E-state index < -0.39 is 5.97 Å². The summed E-state index contributed by atoms with van der Waals surface area (Å²) < 4.78 is 0. The Bertz CT molecular complexity index is 700. The predicted molar refractivity (Wildman–Crippen MR) is 60.6 cm³/mol. The zero-order chi connectivity index (χ0) is 11.1. The number of carboxylic acid groups (broad SMARTS) is 1. The molecule has 0 aliphatic carbocycles. The number of fused-ring (bicyclic) bond motifs is 3. The summed E-state index contributed by atoms with van der Waals surface area (Å²) in [5, 5.41) is 10.7. The molecule has 0 fully saturated rings. The van der Waals surface area contributed by atoms with E-state index in [4.69, 9.17) is 5.11 Å². The van der Waals surface area contributed by atoms with Crippen molar-refractivity contribution in [3.8, 4) is 0 Å². The third-order valence-corrected chi connectivity index (χ3v) is 2.65. The molecular weight excluding hydrogens is 204 g/mol. The van der Waals surface area contributed by atoms with Crippen LogP contribution in [-0.2, 0) is 0 Å². The molecule has 0 spiro atoms. The monoisotopic (exact) mass is 212 g/mol. The summed E-state index contributed by atoms with van der Waals surface area (Å²) >= 11 is 0. The average molecular weight is 212 g/mol. The maximum absolute atomic E-state index is 11.1. The molecule has 0 aliphatic rings. The van der Waals surface area contributed by atoms with Crippen LogP contribution in [-0.4, -0.2) is 21.0 Å². The molecule has 78 valence electrons. The van der Waals surface area contributed by atoms with Crippen molar-refractivity contribution in [3.05, 3.63) is 42.2 Å². The Labute approximate surface area is 90.5 Å². The molecule has 0 amide bonds. The summed E-state index contributed by atoms with van der Waals surface area (Å²) in [4.78, 5) is 18.2. The summed E-state index contributed by atoms with van der Waals surface area (Å²) in [5.74, 6) is -0.946. The number of pyridine rings is 1. The molecule has 0 atom stereocenters. The quantitative estimate of drug-likeness (QED) is 0.651. The number of aromatic nitrogens is 2. The first-order valence-electron chi connectivity index (χ1n) is 4.85. The fourth-order valence-electron chi connectivity index (χ4n) is 1.94. The molecule has 2 N–H and O–H groups in total. The maximum atomic E-state index is 11.1. The summed E-state index contributed by atoms with van der Waals surface area (Å²) in [7, 11) is 0. The van der Waals surface area contributed by atoms with E-state index in [1.807, 2.05) is 30.5 Å². The Morgan fingerprint density at radius 1 is 1.31 bits per heavy atom. The highest BCUT2D eigenvalue weighted by molar-refractivity contribution is 6.14. The number of carboxylic acids is 1. The molecule has 0 unspecified atom stereocenters. The van der Waals surface area contributed by atoms with Crippen LogP contribution in [0.4, 0.5) is 0 Å². The van der Waals surface area contributed by atoms with E-state index in [2.05, 4.69) is 9.97 Å². The fourth-order valence-corrected chi connectivity index (χ4v) is 1.94. The molecule has 16 heavy (non-hydrogen) atoms. The van der Waals surface area contributed by atoms with Crippen LogP contribution in [0.5, 0.6) is 0 Å². The highest BCUT2D eigenvalue weighted by Crippen LogP contribution is 2.26. The maximum Gasteiger partial charge on any atom is 0.337 e. The average Bonchev–Trinajstić information content (AvgIpc) is 2.73. The Morgan fingerprint density at radius 2 is 2.19 bits per heavy atom. The smallest absolute Gasteiger partial charge is 0.337 e. The van der Waals surface area contributed by atoms with Gasteiger partial charge in [0.25, 0.3) is 0 Å². The molecule has 0 aliphatic heterocycles. The lowest BCUT2D eigenvalue weighted by Gasteiger charge is -2.00. The highest BCUT2D eigenvalue weighted by Gasteiger charge is 2.13. The minimum Gasteiger partial charge on any atom is -0.478 e. The zero-order valence-corrected chi connectivity index (χ0v) is 8.27. The van der Waals surface area contributed by atoms with E-state index in [1.54, 1.807) is 0 Å². The third-order valence-electron chi connectivity index (χ3n) is 2.65. The summed E-state index contributed by atoms with van der Waals surface area (Å²) in [6.45, 7) is 0. The summed E-state index contributed by atoms with van der Waals surface area (Å²) in [6, 6.07) is 7.46. The van der Waals surface area contributed by atoms with E-state index in [0.29, 0.717) is 10.9 Å². The van der Waals surface area contributed by atoms with Gasteiger partial charge in [-0.25, -0.2) is 4.79 Å². The normalized spacial score (nSPS) is 11.0. The lowest BCUT2D eigenvalue weighted by molar-refractivity contribution is 0.0699. The minimum atomic E-state index is -0.946. The van der Waals surface area contributed by atoms with Crippen LogP contribution in [0, 0.1) is 0 Å². The minimum absolute atomic E-state index is 0.250. The molecule has 0 saturated heterocycles. The Kier molecular flexibility index (Phi) is 1.71. The number of hydrogen-bond donors (Lipinski definition) is 2. The van der Waals surface area contributed by atoms with Gasteiger partial charge in [0.15, 0.2) is 0 Å². The van der Waals surface area contributed by atoms with Gasteiger partial charge in [0.2, 0.25) is 0 Å². The van der Waals surface area contributed by atoms with Crippen LogP contribution in [0.2, 0.25) is 0 Å². The van der Waals surface area contributed by atoms with Crippen LogP contribution in [0.3, 0.4) is 0 Å². The fraction of sp³-hybridized carbons (Fsp3) is 0. The van der Waals surface area contributed by atoms with Gasteiger partial charge in [0.05, 0.1) is 11.1 Å². The number of nitrogens with one attached hydrogen (secondary N) is 1. The number of carbonyl (C=O) groups is 1. The van der Waals surface area contributed by atoms with E-state index in [1.165, 1.54) is 6.20 Å². The lowest BCUT2D eigenvalue weighted by Crippen LogP contribution is -1.94. The summed E-state index contributed by atoms with van der Waals surface area (Å²) in [5.41, 5.74) is 1.87. The van der Waals surface area contributed by atoms with Gasteiger partial charge < -0.3 is 10.1 Å². The van der Waals surface area contributed by atoms with Gasteiger partial charge in [-0.1, -0.05) is 6.07 Å². The zero-order valence-electron chi connectivity index (χ0n) is 8.27. The van der Waals surface area contributed by atoms with Gasteiger partial charge in [-0.05, 0) is 18.2 Å². The number of hydrogen-bond acceptors (Lipinski definition) is 2. The van der Waals surface area contributed by atoms with E-state index in [9.17, 15) is 4.79 Å². The lowest BCUT2D eigenvalue weighted by atomic mass is 10.1. The molecule has 2 heterocycles. The molecule has 0 bridgehead atoms. The molecule has 3 rings (SSSR count). The van der Waals surface area contributed by atoms with Crippen molar-refractivity contribution in [1.29, 1.82) is 0 Å². The highest BCUT2D eigenvalue weighted by atomic mass is 16.4. The topological polar surface area (TPSA) is 66.0 Å². The van der Waals surface area contributed by atoms with Crippen molar-refractivity contribution in [3.63, 3.8) is 0 Å². The van der Waals surface area contributed by atoms with Crippen LogP contribution in [0.25, 0.3) is 21.8 Å². The first kappa shape index (κ1) is 8.91. The molecule has 4 nitrogen and oxygen atoms in total. The molecular formula is C12H8N2O2. The second-order valence-corrected chi connectivity index (χ2v) is 3.57. The number of aromatic carboxylic acids is 1. The predicted octanol–water partition coefficient (Wildman–Crippen LogP) is 2.41. The van der Waals surface area contributed by atoms with Crippen molar-refractivity contribution in [2.24, 2.45) is 0 Å². The molecule has 4 heteroatoms. The molecule has 3 aromatic rings. The first-order chi connectivity index (χ1) is 7.77. The van der Waals surface area contributed by atoms with E-state index in [-0.39, 0.29) is 5.56 Å².